The van der Waals surface area contributed by atoms with Gasteiger partial charge in [0.1, 0.15) is 35.0 Å². The molecule has 0 saturated carbocycles. The Labute approximate surface area is 227 Å². The molecule has 0 aliphatic heterocycles. The van der Waals surface area contributed by atoms with E-state index < -0.39 is 17.5 Å². The van der Waals surface area contributed by atoms with Crippen LogP contribution in [-0.4, -0.2) is 30.4 Å². The Morgan fingerprint density at radius 2 is 1.87 bits per heavy atom. The molecule has 0 saturated heterocycles. The van der Waals surface area contributed by atoms with E-state index in [-0.39, 0.29) is 21.8 Å². The second kappa shape index (κ2) is 10.6. The molecule has 0 fully saturated rings. The molecule has 39 heavy (non-hydrogen) atoms. The fourth-order valence-corrected chi connectivity index (χ4v) is 4.26. The monoisotopic (exact) mass is 536 g/mol. The molecule has 11 heteroatoms. The van der Waals surface area contributed by atoms with E-state index in [4.69, 9.17) is 28.1 Å². The van der Waals surface area contributed by atoms with Crippen LogP contribution >= 0.6 is 11.6 Å². The van der Waals surface area contributed by atoms with Gasteiger partial charge in [0.15, 0.2) is 0 Å². The quantitative estimate of drug-likeness (QED) is 0.288. The van der Waals surface area contributed by atoms with Crippen LogP contribution in [0, 0.1) is 11.8 Å². The smallest absolute Gasteiger partial charge is 0.267 e. The topological polar surface area (TPSA) is 155 Å². The molecule has 0 radical (unpaired) electrons. The number of primary amides is 1. The predicted molar refractivity (Wildman–Crippen MR) is 150 cm³/mol. The molecular weight excluding hydrogens is 516 g/mol. The number of halogens is 1. The minimum Gasteiger partial charge on any atom is -0.382 e. The molecule has 5 rings (SSSR count). The Hall–Kier alpha value is -5.27. The fourth-order valence-electron chi connectivity index (χ4n) is 4.01. The molecule has 3 aromatic heterocycles. The average Bonchev–Trinajstić information content (AvgIpc) is 2.93. The van der Waals surface area contributed by atoms with E-state index in [9.17, 15) is 9.59 Å². The third-order valence-corrected chi connectivity index (χ3v) is 6.17. The molecule has 192 valence electrons. The Morgan fingerprint density at radius 3 is 2.64 bits per heavy atom. The number of nitrogens with one attached hydrogen (secondary N) is 1. The number of benzene rings is 2. The Balaban J connectivity index is 1.65. The van der Waals surface area contributed by atoms with E-state index in [1.54, 1.807) is 61.7 Å². The summed E-state index contributed by atoms with van der Waals surface area (Å²) in [5, 5.41) is 3.76. The van der Waals surface area contributed by atoms with Crippen molar-refractivity contribution in [2.24, 2.45) is 5.73 Å². The summed E-state index contributed by atoms with van der Waals surface area (Å²) in [6.45, 7) is 1.81. The van der Waals surface area contributed by atoms with Gasteiger partial charge in [-0.1, -0.05) is 35.7 Å². The summed E-state index contributed by atoms with van der Waals surface area (Å²) >= 11 is 6.39. The molecule has 0 aliphatic rings. The predicted octanol–water partition coefficient (Wildman–Crippen LogP) is 3.48. The van der Waals surface area contributed by atoms with E-state index in [1.165, 1.54) is 17.0 Å². The fraction of sp³-hybridized carbons (Fsp3) is 0.0714. The van der Waals surface area contributed by atoms with Crippen molar-refractivity contribution in [3.05, 3.63) is 111 Å². The second-order valence-corrected chi connectivity index (χ2v) is 8.88. The van der Waals surface area contributed by atoms with Crippen LogP contribution in [0.15, 0.2) is 78.0 Å². The third kappa shape index (κ3) is 5.12. The van der Waals surface area contributed by atoms with Gasteiger partial charge in [-0.05, 0) is 55.3 Å². The van der Waals surface area contributed by atoms with Gasteiger partial charge in [-0.15, -0.1) is 0 Å². The summed E-state index contributed by atoms with van der Waals surface area (Å²) in [6, 6.07) is 16.2. The van der Waals surface area contributed by atoms with Gasteiger partial charge in [-0.3, -0.25) is 14.2 Å². The normalized spacial score (nSPS) is 11.4. The largest absolute Gasteiger partial charge is 0.382 e. The van der Waals surface area contributed by atoms with Gasteiger partial charge in [0.25, 0.3) is 5.56 Å². The van der Waals surface area contributed by atoms with Gasteiger partial charge in [0.05, 0.1) is 27.7 Å². The summed E-state index contributed by atoms with van der Waals surface area (Å²) in [5.41, 5.74) is 13.2. The maximum atomic E-state index is 13.8. The average molecular weight is 537 g/mol. The van der Waals surface area contributed by atoms with Crippen LogP contribution in [0.25, 0.3) is 16.6 Å². The van der Waals surface area contributed by atoms with Crippen LogP contribution in [0.5, 0.6) is 0 Å². The molecule has 1 unspecified atom stereocenters. The molecule has 3 heterocycles. The zero-order chi connectivity index (χ0) is 27.5. The first-order valence-electron chi connectivity index (χ1n) is 11.7. The number of nitrogens with zero attached hydrogens (tertiary/aromatic N) is 5. The number of aromatic nitrogens is 5. The highest BCUT2D eigenvalue weighted by atomic mass is 35.5. The van der Waals surface area contributed by atoms with Crippen LogP contribution in [0.2, 0.25) is 5.02 Å². The lowest BCUT2D eigenvalue weighted by Gasteiger charge is -2.21. The van der Waals surface area contributed by atoms with Crippen molar-refractivity contribution in [1.29, 1.82) is 0 Å². The maximum absolute atomic E-state index is 13.8. The highest BCUT2D eigenvalue weighted by Gasteiger charge is 2.21. The van der Waals surface area contributed by atoms with Crippen molar-refractivity contribution in [1.82, 2.24) is 24.5 Å². The summed E-state index contributed by atoms with van der Waals surface area (Å²) < 4.78 is 1.39. The van der Waals surface area contributed by atoms with Crippen LogP contribution < -0.4 is 22.3 Å². The van der Waals surface area contributed by atoms with Crippen molar-refractivity contribution in [2.75, 3.05) is 11.1 Å². The number of fused-ring (bicyclic) bond motifs is 1. The van der Waals surface area contributed by atoms with E-state index in [0.29, 0.717) is 34.1 Å². The molecule has 5 aromatic rings. The molecule has 0 bridgehead atoms. The van der Waals surface area contributed by atoms with Crippen molar-refractivity contribution in [2.45, 2.75) is 13.0 Å². The highest BCUT2D eigenvalue weighted by Crippen LogP contribution is 2.26. The molecule has 5 N–H and O–H groups in total. The Kier molecular flexibility index (Phi) is 6.91. The number of amides is 1. The SMILES string of the molecule is CC(Nc1ncnc(N)c1C#Cc1ccccn1)c1nc2cccc(Cl)c2c(=O)n1-c1cccc(C(N)=O)c1. The third-order valence-electron chi connectivity index (χ3n) is 5.86. The van der Waals surface area contributed by atoms with Crippen molar-refractivity contribution >= 4 is 40.0 Å². The molecule has 0 spiro atoms. The maximum Gasteiger partial charge on any atom is 0.267 e. The van der Waals surface area contributed by atoms with Gasteiger partial charge in [0, 0.05) is 11.8 Å². The van der Waals surface area contributed by atoms with Crippen molar-refractivity contribution in [3.63, 3.8) is 0 Å². The van der Waals surface area contributed by atoms with Crippen LogP contribution in [0.3, 0.4) is 0 Å². The summed E-state index contributed by atoms with van der Waals surface area (Å²) in [4.78, 5) is 43.0. The number of nitrogens with two attached hydrogens (primary N) is 2. The number of rotatable bonds is 5. The molecule has 2 aromatic carbocycles. The van der Waals surface area contributed by atoms with Crippen molar-refractivity contribution in [3.8, 4) is 17.5 Å². The number of pyridine rings is 1. The van der Waals surface area contributed by atoms with Gasteiger partial charge in [0.2, 0.25) is 5.91 Å². The number of nitrogen functional groups attached to an aromatic ring is 1. The number of carbonyl (C=O) groups is 1. The van der Waals surface area contributed by atoms with Gasteiger partial charge < -0.3 is 16.8 Å². The second-order valence-electron chi connectivity index (χ2n) is 8.47. The van der Waals surface area contributed by atoms with E-state index >= 15 is 0 Å². The van der Waals surface area contributed by atoms with E-state index in [0.717, 1.165) is 0 Å². The van der Waals surface area contributed by atoms with E-state index in [2.05, 4.69) is 32.1 Å². The standard InChI is InChI=1S/C28H21ClN8O2/c1-16(35-26-20(24(30)33-15-34-26)12-11-18-7-2-3-13-32-18)27-36-22-10-5-9-21(29)23(22)28(39)37(27)19-8-4-6-17(14-19)25(31)38/h2-10,13-16H,1H3,(H2,31,38)(H3,30,33,34,35). The van der Waals surface area contributed by atoms with Crippen LogP contribution in [0.1, 0.15) is 40.4 Å². The number of carbonyl (C=O) groups excluding carboxylic acids is 1. The highest BCUT2D eigenvalue weighted by molar-refractivity contribution is 6.35. The van der Waals surface area contributed by atoms with Crippen LogP contribution in [-0.2, 0) is 0 Å². The zero-order valence-corrected chi connectivity index (χ0v) is 21.3. The minimum atomic E-state index is -0.628. The zero-order valence-electron chi connectivity index (χ0n) is 20.6. The van der Waals surface area contributed by atoms with E-state index in [1.807, 2.05) is 6.07 Å². The summed E-state index contributed by atoms with van der Waals surface area (Å²) in [5.74, 6) is 6.17. The number of hydrogen-bond donors (Lipinski definition) is 3. The Morgan fingerprint density at radius 1 is 1.05 bits per heavy atom. The van der Waals surface area contributed by atoms with Gasteiger partial charge in [-0.25, -0.2) is 19.9 Å². The van der Waals surface area contributed by atoms with Crippen LogP contribution in [0.4, 0.5) is 11.6 Å². The molecule has 10 nitrogen and oxygen atoms in total. The number of hydrogen-bond acceptors (Lipinski definition) is 8. The molecule has 0 aliphatic carbocycles. The lowest BCUT2D eigenvalue weighted by atomic mass is 10.1. The van der Waals surface area contributed by atoms with Gasteiger partial charge in [-0.2, -0.15) is 0 Å². The van der Waals surface area contributed by atoms with Gasteiger partial charge >= 0.3 is 0 Å². The van der Waals surface area contributed by atoms with Crippen molar-refractivity contribution < 1.29 is 4.79 Å². The first-order chi connectivity index (χ1) is 18.8. The minimum absolute atomic E-state index is 0.174. The number of anilines is 2. The Bertz CT molecular complexity index is 1840. The molecule has 1 atom stereocenters. The summed E-state index contributed by atoms with van der Waals surface area (Å²) in [6.07, 6.45) is 2.95. The lowest BCUT2D eigenvalue weighted by molar-refractivity contribution is 0.1000. The molecule has 1 amide bonds. The first-order valence-corrected chi connectivity index (χ1v) is 12.1. The molecular formula is C28H21ClN8O2. The summed E-state index contributed by atoms with van der Waals surface area (Å²) in [7, 11) is 0. The first kappa shape index (κ1) is 25.4. The lowest BCUT2D eigenvalue weighted by Crippen LogP contribution is -2.28.